The van der Waals surface area contributed by atoms with Crippen LogP contribution in [0.15, 0.2) is 0 Å². The second kappa shape index (κ2) is 5.33. The molecule has 0 aromatic heterocycles. The normalized spacial score (nSPS) is 19.9. The first-order valence-electron chi connectivity index (χ1n) is 5.08. The van der Waals surface area contributed by atoms with Crippen molar-refractivity contribution in [2.45, 2.75) is 58.8 Å². The molecule has 3 heteroatoms. The Morgan fingerprint density at radius 1 is 1.36 bits per heavy atom. The summed E-state index contributed by atoms with van der Waals surface area (Å²) in [5, 5.41) is 18.3. The zero-order chi connectivity index (χ0) is 11.4. The molecular formula is C11H21NO2. The van der Waals surface area contributed by atoms with Crippen molar-refractivity contribution in [1.82, 2.24) is 0 Å². The van der Waals surface area contributed by atoms with Gasteiger partial charge in [-0.25, -0.2) is 0 Å². The first-order chi connectivity index (χ1) is 6.30. The van der Waals surface area contributed by atoms with Crippen LogP contribution in [0.25, 0.3) is 0 Å². The minimum Gasteiger partial charge on any atom is -0.391 e. The van der Waals surface area contributed by atoms with Gasteiger partial charge in [-0.05, 0) is 33.1 Å². The van der Waals surface area contributed by atoms with Crippen LogP contribution in [-0.4, -0.2) is 22.9 Å². The van der Waals surface area contributed by atoms with Crippen molar-refractivity contribution in [2.75, 3.05) is 0 Å². The molecule has 0 aromatic rings. The molecule has 0 bridgehead atoms. The van der Waals surface area contributed by atoms with Crippen LogP contribution in [-0.2, 0) is 4.74 Å². The van der Waals surface area contributed by atoms with Crippen LogP contribution < -0.4 is 0 Å². The predicted molar refractivity (Wildman–Crippen MR) is 55.7 cm³/mol. The Bertz CT molecular complexity index is 208. The molecule has 0 aliphatic carbocycles. The molecule has 3 nitrogen and oxygen atoms in total. The molecule has 14 heavy (non-hydrogen) atoms. The van der Waals surface area contributed by atoms with Crippen LogP contribution in [0.4, 0.5) is 0 Å². The third kappa shape index (κ3) is 4.59. The number of nitriles is 1. The number of nitrogens with zero attached hydrogens (tertiary/aromatic N) is 1. The summed E-state index contributed by atoms with van der Waals surface area (Å²) >= 11 is 0. The van der Waals surface area contributed by atoms with E-state index in [0.29, 0.717) is 12.3 Å². The second-order valence-electron chi connectivity index (χ2n) is 4.50. The zero-order valence-corrected chi connectivity index (χ0v) is 9.74. The number of rotatable bonds is 5. The van der Waals surface area contributed by atoms with Crippen molar-refractivity contribution in [2.24, 2.45) is 5.92 Å². The van der Waals surface area contributed by atoms with E-state index in [-0.39, 0.29) is 6.10 Å². The summed E-state index contributed by atoms with van der Waals surface area (Å²) in [6, 6.07) is 2.16. The summed E-state index contributed by atoms with van der Waals surface area (Å²) in [6.45, 7) is 9.31. The molecule has 0 amide bonds. The van der Waals surface area contributed by atoms with Gasteiger partial charge in [0.05, 0.1) is 18.3 Å². The molecule has 0 rings (SSSR count). The Balaban J connectivity index is 4.34. The predicted octanol–water partition coefficient (Wildman–Crippen LogP) is 2.10. The first kappa shape index (κ1) is 13.4. The lowest BCUT2D eigenvalue weighted by molar-refractivity contribution is -0.0944. The van der Waals surface area contributed by atoms with E-state index < -0.39 is 11.7 Å². The summed E-state index contributed by atoms with van der Waals surface area (Å²) < 4.78 is 5.55. The fourth-order valence-corrected chi connectivity index (χ4v) is 1.41. The van der Waals surface area contributed by atoms with Gasteiger partial charge in [-0.3, -0.25) is 0 Å². The Kier molecular flexibility index (Phi) is 5.11. The molecule has 82 valence electrons. The van der Waals surface area contributed by atoms with Gasteiger partial charge < -0.3 is 9.84 Å². The van der Waals surface area contributed by atoms with E-state index in [1.165, 1.54) is 0 Å². The quantitative estimate of drug-likeness (QED) is 0.737. The smallest absolute Gasteiger partial charge is 0.152 e. The van der Waals surface area contributed by atoms with E-state index >= 15 is 0 Å². The number of aliphatic hydroxyl groups is 1. The van der Waals surface area contributed by atoms with Gasteiger partial charge in [0, 0.05) is 0 Å². The number of ether oxygens (including phenoxy) is 1. The molecule has 0 heterocycles. The molecule has 0 spiro atoms. The highest BCUT2D eigenvalue weighted by Gasteiger charge is 2.29. The van der Waals surface area contributed by atoms with Crippen LogP contribution in [0.3, 0.4) is 0 Å². The van der Waals surface area contributed by atoms with E-state index in [1.807, 2.05) is 13.8 Å². The lowest BCUT2D eigenvalue weighted by atomic mass is 9.95. The molecule has 0 saturated heterocycles. The van der Waals surface area contributed by atoms with Crippen molar-refractivity contribution < 1.29 is 9.84 Å². The first-order valence-corrected chi connectivity index (χ1v) is 5.08. The molecule has 0 aliphatic rings. The Morgan fingerprint density at radius 2 is 1.86 bits per heavy atom. The zero-order valence-electron chi connectivity index (χ0n) is 9.74. The molecule has 0 aromatic carbocycles. The second-order valence-corrected chi connectivity index (χ2v) is 4.50. The van der Waals surface area contributed by atoms with Crippen molar-refractivity contribution >= 4 is 0 Å². The third-order valence-electron chi connectivity index (χ3n) is 2.16. The van der Waals surface area contributed by atoms with Crippen molar-refractivity contribution in [3.8, 4) is 6.07 Å². The summed E-state index contributed by atoms with van der Waals surface area (Å²) in [6.07, 6.45) is -0.172. The number of hydrogen-bond acceptors (Lipinski definition) is 3. The van der Waals surface area contributed by atoms with Gasteiger partial charge in [0.1, 0.15) is 0 Å². The standard InChI is InChI=1S/C11H21NO2/c1-8(2)6-11(5,7-12)14-10(4)9(3)13/h8-10,13H,6H2,1-5H3. The van der Waals surface area contributed by atoms with Gasteiger partial charge >= 0.3 is 0 Å². The monoisotopic (exact) mass is 199 g/mol. The van der Waals surface area contributed by atoms with Crippen LogP contribution in [0.5, 0.6) is 0 Å². The highest BCUT2D eigenvalue weighted by molar-refractivity contribution is 4.99. The van der Waals surface area contributed by atoms with Gasteiger partial charge in [0.2, 0.25) is 0 Å². The Hall–Kier alpha value is -0.590. The lowest BCUT2D eigenvalue weighted by Gasteiger charge is -2.29. The van der Waals surface area contributed by atoms with Crippen molar-refractivity contribution in [3.05, 3.63) is 0 Å². The molecule has 3 unspecified atom stereocenters. The van der Waals surface area contributed by atoms with Gasteiger partial charge in [-0.1, -0.05) is 13.8 Å². The van der Waals surface area contributed by atoms with Crippen molar-refractivity contribution in [1.29, 1.82) is 5.26 Å². The summed E-state index contributed by atoms with van der Waals surface area (Å²) in [4.78, 5) is 0. The maximum absolute atomic E-state index is 9.28. The van der Waals surface area contributed by atoms with Gasteiger partial charge in [-0.2, -0.15) is 5.26 Å². The van der Waals surface area contributed by atoms with E-state index in [2.05, 4.69) is 6.07 Å². The molecule has 1 N–H and O–H groups in total. The molecular weight excluding hydrogens is 178 g/mol. The van der Waals surface area contributed by atoms with E-state index in [9.17, 15) is 5.11 Å². The maximum Gasteiger partial charge on any atom is 0.152 e. The van der Waals surface area contributed by atoms with Crippen LogP contribution in [0.2, 0.25) is 0 Å². The molecule has 0 aliphatic heterocycles. The summed E-state index contributed by atoms with van der Waals surface area (Å²) in [7, 11) is 0. The van der Waals surface area contributed by atoms with E-state index in [1.54, 1.807) is 20.8 Å². The number of hydrogen-bond donors (Lipinski definition) is 1. The van der Waals surface area contributed by atoms with Crippen LogP contribution in [0.1, 0.15) is 41.0 Å². The Labute approximate surface area is 86.7 Å². The largest absolute Gasteiger partial charge is 0.391 e. The minimum atomic E-state index is -0.787. The van der Waals surface area contributed by atoms with Crippen molar-refractivity contribution in [3.63, 3.8) is 0 Å². The van der Waals surface area contributed by atoms with Crippen LogP contribution in [0, 0.1) is 17.2 Å². The average Bonchev–Trinajstić information content (AvgIpc) is 2.02. The molecule has 0 fully saturated rings. The highest BCUT2D eigenvalue weighted by atomic mass is 16.5. The fraction of sp³-hybridized carbons (Fsp3) is 0.909. The minimum absolute atomic E-state index is 0.307. The highest BCUT2D eigenvalue weighted by Crippen LogP contribution is 2.22. The molecule has 3 atom stereocenters. The fourth-order valence-electron chi connectivity index (χ4n) is 1.41. The Morgan fingerprint density at radius 3 is 2.14 bits per heavy atom. The third-order valence-corrected chi connectivity index (χ3v) is 2.16. The maximum atomic E-state index is 9.28. The van der Waals surface area contributed by atoms with Gasteiger partial charge in [-0.15, -0.1) is 0 Å². The SMILES string of the molecule is CC(C)CC(C)(C#N)OC(C)C(C)O. The summed E-state index contributed by atoms with van der Waals surface area (Å²) in [5.41, 5.74) is -0.787. The molecule has 0 saturated carbocycles. The summed E-state index contributed by atoms with van der Waals surface area (Å²) in [5.74, 6) is 0.404. The topological polar surface area (TPSA) is 53.2 Å². The van der Waals surface area contributed by atoms with Gasteiger partial charge in [0.15, 0.2) is 5.60 Å². The number of aliphatic hydroxyl groups excluding tert-OH is 1. The average molecular weight is 199 g/mol. The van der Waals surface area contributed by atoms with E-state index in [4.69, 9.17) is 10.00 Å². The van der Waals surface area contributed by atoms with E-state index in [0.717, 1.165) is 0 Å². The molecule has 0 radical (unpaired) electrons. The van der Waals surface area contributed by atoms with Gasteiger partial charge in [0.25, 0.3) is 0 Å². The van der Waals surface area contributed by atoms with Crippen LogP contribution >= 0.6 is 0 Å². The lowest BCUT2D eigenvalue weighted by Crippen LogP contribution is -2.37.